The van der Waals surface area contributed by atoms with E-state index < -0.39 is 0 Å². The molecule has 1 amide bonds. The summed E-state index contributed by atoms with van der Waals surface area (Å²) in [6, 6.07) is 14.9. The largest absolute Gasteiger partial charge is 0.342 e. The highest BCUT2D eigenvalue weighted by Crippen LogP contribution is 2.27. The molecule has 0 aliphatic carbocycles. The van der Waals surface area contributed by atoms with Crippen molar-refractivity contribution in [1.29, 1.82) is 0 Å². The van der Waals surface area contributed by atoms with Gasteiger partial charge in [-0.25, -0.2) is 4.39 Å². The molecule has 1 aliphatic rings. The molecule has 0 N–H and O–H groups in total. The van der Waals surface area contributed by atoms with E-state index in [2.05, 4.69) is 6.07 Å². The zero-order chi connectivity index (χ0) is 16.9. The molecular formula is C21H24FNO. The first-order valence-electron chi connectivity index (χ1n) is 8.70. The van der Waals surface area contributed by atoms with Gasteiger partial charge < -0.3 is 4.90 Å². The third kappa shape index (κ3) is 4.22. The average molecular weight is 325 g/mol. The monoisotopic (exact) mass is 325 g/mol. The van der Waals surface area contributed by atoms with Gasteiger partial charge in [-0.3, -0.25) is 4.79 Å². The van der Waals surface area contributed by atoms with E-state index in [1.165, 1.54) is 17.7 Å². The summed E-state index contributed by atoms with van der Waals surface area (Å²) in [6.07, 6.45) is 3.66. The molecular weight excluding hydrogens is 301 g/mol. The third-order valence-electron chi connectivity index (χ3n) is 4.80. The van der Waals surface area contributed by atoms with Gasteiger partial charge in [-0.05, 0) is 43.0 Å². The molecule has 1 aliphatic heterocycles. The van der Waals surface area contributed by atoms with Gasteiger partial charge in [-0.15, -0.1) is 0 Å². The molecule has 1 fully saturated rings. The molecule has 0 aromatic heterocycles. The van der Waals surface area contributed by atoms with Crippen LogP contribution < -0.4 is 0 Å². The van der Waals surface area contributed by atoms with Gasteiger partial charge in [0.1, 0.15) is 5.82 Å². The standard InChI is InChI=1S/C21H24FNO/c1-16-5-4-6-17(13-16)14-21(24)23-12-3-2-7-19(15-23)18-8-10-20(22)11-9-18/h4-6,8-11,13,19H,2-3,7,12,14-15H2,1H3. The van der Waals surface area contributed by atoms with E-state index in [1.807, 2.05) is 42.2 Å². The fourth-order valence-electron chi connectivity index (χ4n) is 3.48. The van der Waals surface area contributed by atoms with Crippen molar-refractivity contribution < 1.29 is 9.18 Å². The average Bonchev–Trinajstić information content (AvgIpc) is 2.82. The number of nitrogens with zero attached hydrogens (tertiary/aromatic N) is 1. The Morgan fingerprint density at radius 1 is 1.17 bits per heavy atom. The highest BCUT2D eigenvalue weighted by atomic mass is 19.1. The van der Waals surface area contributed by atoms with Crippen LogP contribution in [0.15, 0.2) is 48.5 Å². The van der Waals surface area contributed by atoms with Crippen molar-refractivity contribution in [3.8, 4) is 0 Å². The van der Waals surface area contributed by atoms with Crippen LogP contribution in [0.2, 0.25) is 0 Å². The van der Waals surface area contributed by atoms with Crippen LogP contribution in [0, 0.1) is 12.7 Å². The summed E-state index contributed by atoms with van der Waals surface area (Å²) in [5.74, 6) is 0.281. The molecule has 126 valence electrons. The minimum absolute atomic E-state index is 0.189. The summed E-state index contributed by atoms with van der Waals surface area (Å²) >= 11 is 0. The minimum Gasteiger partial charge on any atom is -0.342 e. The lowest BCUT2D eigenvalue weighted by Gasteiger charge is -2.25. The molecule has 2 aromatic rings. The van der Waals surface area contributed by atoms with Crippen molar-refractivity contribution in [2.45, 2.75) is 38.5 Å². The number of hydrogen-bond acceptors (Lipinski definition) is 1. The molecule has 0 radical (unpaired) electrons. The number of carbonyl (C=O) groups excluding carboxylic acids is 1. The summed E-state index contributed by atoms with van der Waals surface area (Å²) in [6.45, 7) is 3.60. The first-order valence-corrected chi connectivity index (χ1v) is 8.70. The maximum absolute atomic E-state index is 13.1. The van der Waals surface area contributed by atoms with E-state index in [0.717, 1.165) is 43.5 Å². The van der Waals surface area contributed by atoms with Crippen LogP contribution >= 0.6 is 0 Å². The summed E-state index contributed by atoms with van der Waals surface area (Å²) in [5.41, 5.74) is 3.38. The molecule has 1 saturated heterocycles. The second-order valence-electron chi connectivity index (χ2n) is 6.75. The summed E-state index contributed by atoms with van der Waals surface area (Å²) in [4.78, 5) is 14.7. The minimum atomic E-state index is -0.209. The van der Waals surface area contributed by atoms with Gasteiger partial charge in [0, 0.05) is 19.0 Å². The lowest BCUT2D eigenvalue weighted by Crippen LogP contribution is -2.35. The van der Waals surface area contributed by atoms with E-state index in [0.29, 0.717) is 12.3 Å². The second kappa shape index (κ2) is 7.61. The third-order valence-corrected chi connectivity index (χ3v) is 4.80. The summed E-state index contributed by atoms with van der Waals surface area (Å²) in [5, 5.41) is 0. The molecule has 0 saturated carbocycles. The van der Waals surface area contributed by atoms with Gasteiger partial charge >= 0.3 is 0 Å². The Morgan fingerprint density at radius 3 is 2.71 bits per heavy atom. The maximum Gasteiger partial charge on any atom is 0.227 e. The predicted molar refractivity (Wildman–Crippen MR) is 94.5 cm³/mol. The molecule has 1 heterocycles. The maximum atomic E-state index is 13.1. The molecule has 0 spiro atoms. The summed E-state index contributed by atoms with van der Waals surface area (Å²) in [7, 11) is 0. The Labute approximate surface area is 143 Å². The van der Waals surface area contributed by atoms with Crippen molar-refractivity contribution in [2.24, 2.45) is 0 Å². The molecule has 24 heavy (non-hydrogen) atoms. The predicted octanol–water partition coefficient (Wildman–Crippen LogP) is 4.47. The molecule has 3 rings (SSSR count). The smallest absolute Gasteiger partial charge is 0.227 e. The molecule has 3 heteroatoms. The van der Waals surface area contributed by atoms with Gasteiger partial charge in [0.15, 0.2) is 0 Å². The van der Waals surface area contributed by atoms with E-state index >= 15 is 0 Å². The quantitative estimate of drug-likeness (QED) is 0.815. The fraction of sp³-hybridized carbons (Fsp3) is 0.381. The van der Waals surface area contributed by atoms with Gasteiger partial charge in [-0.2, -0.15) is 0 Å². The van der Waals surface area contributed by atoms with Gasteiger partial charge in [0.05, 0.1) is 6.42 Å². The fourth-order valence-corrected chi connectivity index (χ4v) is 3.48. The van der Waals surface area contributed by atoms with Crippen LogP contribution in [0.25, 0.3) is 0 Å². The zero-order valence-corrected chi connectivity index (χ0v) is 14.2. The number of benzene rings is 2. The Morgan fingerprint density at radius 2 is 1.96 bits per heavy atom. The van der Waals surface area contributed by atoms with Crippen LogP contribution in [0.3, 0.4) is 0 Å². The lowest BCUT2D eigenvalue weighted by molar-refractivity contribution is -0.130. The Kier molecular flexibility index (Phi) is 5.29. The van der Waals surface area contributed by atoms with Crippen molar-refractivity contribution in [3.05, 3.63) is 71.0 Å². The zero-order valence-electron chi connectivity index (χ0n) is 14.2. The molecule has 1 atom stereocenters. The van der Waals surface area contributed by atoms with Crippen molar-refractivity contribution in [1.82, 2.24) is 4.90 Å². The number of aryl methyl sites for hydroxylation is 1. The molecule has 2 aromatic carbocycles. The second-order valence-corrected chi connectivity index (χ2v) is 6.75. The van der Waals surface area contributed by atoms with Crippen LogP contribution in [-0.2, 0) is 11.2 Å². The van der Waals surface area contributed by atoms with E-state index in [9.17, 15) is 9.18 Å². The topological polar surface area (TPSA) is 20.3 Å². The highest BCUT2D eigenvalue weighted by molar-refractivity contribution is 5.79. The number of amides is 1. The Hall–Kier alpha value is -2.16. The van der Waals surface area contributed by atoms with Gasteiger partial charge in [-0.1, -0.05) is 48.4 Å². The number of rotatable bonds is 3. The Balaban J connectivity index is 1.70. The van der Waals surface area contributed by atoms with Crippen molar-refractivity contribution >= 4 is 5.91 Å². The van der Waals surface area contributed by atoms with Crippen molar-refractivity contribution in [2.75, 3.05) is 13.1 Å². The van der Waals surface area contributed by atoms with Gasteiger partial charge in [0.2, 0.25) is 5.91 Å². The number of carbonyl (C=O) groups is 1. The first kappa shape index (κ1) is 16.7. The number of hydrogen-bond donors (Lipinski definition) is 0. The molecule has 2 nitrogen and oxygen atoms in total. The highest BCUT2D eigenvalue weighted by Gasteiger charge is 2.23. The summed E-state index contributed by atoms with van der Waals surface area (Å²) < 4.78 is 13.1. The molecule has 0 bridgehead atoms. The van der Waals surface area contributed by atoms with Crippen LogP contribution in [0.1, 0.15) is 41.9 Å². The van der Waals surface area contributed by atoms with E-state index in [1.54, 1.807) is 0 Å². The normalized spacial score (nSPS) is 18.2. The first-order chi connectivity index (χ1) is 11.6. The van der Waals surface area contributed by atoms with Crippen LogP contribution in [0.5, 0.6) is 0 Å². The lowest BCUT2D eigenvalue weighted by atomic mass is 9.94. The SMILES string of the molecule is Cc1cccc(CC(=O)N2CCCCC(c3ccc(F)cc3)C2)c1. The Bertz CT molecular complexity index is 695. The van der Waals surface area contributed by atoms with Gasteiger partial charge in [0.25, 0.3) is 0 Å². The van der Waals surface area contributed by atoms with Crippen LogP contribution in [-0.4, -0.2) is 23.9 Å². The van der Waals surface area contributed by atoms with E-state index in [4.69, 9.17) is 0 Å². The molecule has 1 unspecified atom stereocenters. The number of halogens is 1. The number of likely N-dealkylation sites (tertiary alicyclic amines) is 1. The van der Waals surface area contributed by atoms with E-state index in [-0.39, 0.29) is 11.7 Å². The van der Waals surface area contributed by atoms with Crippen molar-refractivity contribution in [3.63, 3.8) is 0 Å². The van der Waals surface area contributed by atoms with Crippen LogP contribution in [0.4, 0.5) is 4.39 Å².